The topological polar surface area (TPSA) is 67.9 Å². The smallest absolute Gasteiger partial charge is 0.412 e. The van der Waals surface area contributed by atoms with Gasteiger partial charge in [0.1, 0.15) is 11.3 Å². The molecule has 1 aliphatic carbocycles. The molecular formula is C25H38N2O4. The molecule has 1 atom stereocenters. The summed E-state index contributed by atoms with van der Waals surface area (Å²) in [5.74, 6) is 0.0578. The van der Waals surface area contributed by atoms with Crippen LogP contribution in [0.3, 0.4) is 0 Å². The Kier molecular flexibility index (Phi) is 6.70. The van der Waals surface area contributed by atoms with Crippen LogP contribution < -0.4 is 5.32 Å². The van der Waals surface area contributed by atoms with E-state index in [1.807, 2.05) is 53.7 Å². The van der Waals surface area contributed by atoms with Crippen LogP contribution in [0.25, 0.3) is 0 Å². The summed E-state index contributed by atoms with van der Waals surface area (Å²) < 4.78 is 11.6. The molecule has 6 heteroatoms. The van der Waals surface area contributed by atoms with Gasteiger partial charge in [-0.2, -0.15) is 0 Å². The molecule has 2 fully saturated rings. The van der Waals surface area contributed by atoms with Crippen molar-refractivity contribution in [3.05, 3.63) is 29.8 Å². The summed E-state index contributed by atoms with van der Waals surface area (Å²) >= 11 is 0. The lowest BCUT2D eigenvalue weighted by Crippen LogP contribution is -2.50. The summed E-state index contributed by atoms with van der Waals surface area (Å²) in [6.45, 7) is 12.0. The van der Waals surface area contributed by atoms with E-state index < -0.39 is 11.3 Å². The minimum absolute atomic E-state index is 0.00919. The first-order valence-corrected chi connectivity index (χ1v) is 11.5. The molecule has 0 bridgehead atoms. The van der Waals surface area contributed by atoms with Gasteiger partial charge in [-0.15, -0.1) is 0 Å². The molecule has 3 rings (SSSR count). The molecule has 1 heterocycles. The number of hydrogen-bond donors (Lipinski definition) is 1. The van der Waals surface area contributed by atoms with E-state index in [0.717, 1.165) is 37.8 Å². The normalized spacial score (nSPS) is 21.6. The highest BCUT2D eigenvalue weighted by Crippen LogP contribution is 2.52. The molecular weight excluding hydrogens is 392 g/mol. The number of amides is 2. The number of carbonyl (C=O) groups excluding carboxylic acids is 2. The average Bonchev–Trinajstić information content (AvgIpc) is 3.37. The fourth-order valence-electron chi connectivity index (χ4n) is 4.41. The zero-order chi connectivity index (χ0) is 22.9. The van der Waals surface area contributed by atoms with Crippen molar-refractivity contribution in [3.63, 3.8) is 0 Å². The Hall–Kier alpha value is -2.08. The van der Waals surface area contributed by atoms with Gasteiger partial charge in [0.2, 0.25) is 5.91 Å². The Morgan fingerprint density at radius 1 is 1.19 bits per heavy atom. The third kappa shape index (κ3) is 5.79. The monoisotopic (exact) mass is 430 g/mol. The SMILES string of the molecule is CCCC(=O)Nc1ccc(C2(CCC3COC(C)(C)N3C(=O)OC(C)(C)C)CC2)cc1. The maximum absolute atomic E-state index is 12.9. The van der Waals surface area contributed by atoms with E-state index in [0.29, 0.717) is 13.0 Å². The largest absolute Gasteiger partial charge is 0.444 e. The zero-order valence-corrected chi connectivity index (χ0v) is 19.9. The fourth-order valence-corrected chi connectivity index (χ4v) is 4.41. The molecule has 1 aromatic carbocycles. The molecule has 31 heavy (non-hydrogen) atoms. The van der Waals surface area contributed by atoms with Crippen LogP contribution in [0, 0.1) is 0 Å². The first kappa shape index (κ1) is 23.6. The van der Waals surface area contributed by atoms with Gasteiger partial charge in [-0.05, 0) is 89.8 Å². The number of nitrogens with zero attached hydrogens (tertiary/aromatic N) is 1. The van der Waals surface area contributed by atoms with Gasteiger partial charge in [0, 0.05) is 12.1 Å². The molecule has 1 aromatic rings. The van der Waals surface area contributed by atoms with E-state index in [4.69, 9.17) is 9.47 Å². The Balaban J connectivity index is 1.63. The number of nitrogens with one attached hydrogen (secondary N) is 1. The zero-order valence-electron chi connectivity index (χ0n) is 19.9. The Morgan fingerprint density at radius 2 is 1.84 bits per heavy atom. The molecule has 2 aliphatic rings. The number of hydrogen-bond acceptors (Lipinski definition) is 4. The van der Waals surface area contributed by atoms with Crippen LogP contribution in [0.15, 0.2) is 24.3 Å². The van der Waals surface area contributed by atoms with E-state index in [2.05, 4.69) is 17.4 Å². The molecule has 172 valence electrons. The molecule has 1 saturated carbocycles. The van der Waals surface area contributed by atoms with Crippen LogP contribution >= 0.6 is 0 Å². The third-order valence-electron chi connectivity index (χ3n) is 6.23. The molecule has 0 radical (unpaired) electrons. The Bertz CT molecular complexity index is 791. The second-order valence-electron chi connectivity index (χ2n) is 10.5. The highest BCUT2D eigenvalue weighted by atomic mass is 16.6. The Labute approximate surface area is 186 Å². The van der Waals surface area contributed by atoms with Gasteiger partial charge in [-0.3, -0.25) is 9.69 Å². The first-order valence-electron chi connectivity index (χ1n) is 11.5. The van der Waals surface area contributed by atoms with Gasteiger partial charge < -0.3 is 14.8 Å². The van der Waals surface area contributed by atoms with E-state index in [9.17, 15) is 9.59 Å². The molecule has 1 aliphatic heterocycles. The average molecular weight is 431 g/mol. The van der Waals surface area contributed by atoms with Crippen molar-refractivity contribution in [1.82, 2.24) is 4.90 Å². The van der Waals surface area contributed by atoms with Crippen molar-refractivity contribution in [2.45, 2.75) is 103 Å². The number of anilines is 1. The van der Waals surface area contributed by atoms with E-state index in [1.165, 1.54) is 5.56 Å². The minimum atomic E-state index is -0.665. The lowest BCUT2D eigenvalue weighted by molar-refractivity contribution is -0.116. The molecule has 1 unspecified atom stereocenters. The molecule has 6 nitrogen and oxygen atoms in total. The van der Waals surface area contributed by atoms with Crippen molar-refractivity contribution in [2.24, 2.45) is 0 Å². The molecule has 0 aromatic heterocycles. The number of rotatable bonds is 7. The molecule has 0 spiro atoms. The summed E-state index contributed by atoms with van der Waals surface area (Å²) in [6.07, 6.45) is 5.25. The first-order chi connectivity index (χ1) is 14.5. The summed E-state index contributed by atoms with van der Waals surface area (Å²) in [5, 5.41) is 2.95. The van der Waals surface area contributed by atoms with Gasteiger partial charge >= 0.3 is 6.09 Å². The molecule has 2 amide bonds. The van der Waals surface area contributed by atoms with Crippen LogP contribution in [0.4, 0.5) is 10.5 Å². The summed E-state index contributed by atoms with van der Waals surface area (Å²) in [5.41, 5.74) is 1.12. The summed E-state index contributed by atoms with van der Waals surface area (Å²) in [7, 11) is 0. The van der Waals surface area contributed by atoms with Gasteiger partial charge in [0.15, 0.2) is 0 Å². The number of carbonyl (C=O) groups is 2. The fraction of sp³-hybridized carbons (Fsp3) is 0.680. The third-order valence-corrected chi connectivity index (χ3v) is 6.23. The standard InChI is InChI=1S/C25H38N2O4/c1-7-8-21(28)26-19-11-9-18(10-12-19)25(15-16-25)14-13-20-17-30-24(5,6)27(20)22(29)31-23(2,3)4/h9-12,20H,7-8,13-17H2,1-6H3,(H,26,28). The van der Waals surface area contributed by atoms with Crippen molar-refractivity contribution in [3.8, 4) is 0 Å². The maximum atomic E-state index is 12.9. The lowest BCUT2D eigenvalue weighted by Gasteiger charge is -2.35. The van der Waals surface area contributed by atoms with Gasteiger partial charge in [-0.25, -0.2) is 4.79 Å². The second kappa shape index (κ2) is 8.81. The van der Waals surface area contributed by atoms with Crippen molar-refractivity contribution in [1.29, 1.82) is 0 Å². The van der Waals surface area contributed by atoms with E-state index in [-0.39, 0.29) is 23.5 Å². The highest BCUT2D eigenvalue weighted by molar-refractivity contribution is 5.90. The van der Waals surface area contributed by atoms with Gasteiger partial charge in [0.05, 0.1) is 12.6 Å². The highest BCUT2D eigenvalue weighted by Gasteiger charge is 2.49. The van der Waals surface area contributed by atoms with E-state index in [1.54, 1.807) is 4.90 Å². The van der Waals surface area contributed by atoms with Crippen LogP contribution in [0.2, 0.25) is 0 Å². The van der Waals surface area contributed by atoms with Crippen LogP contribution in [0.1, 0.15) is 85.6 Å². The predicted octanol–water partition coefficient (Wildman–Crippen LogP) is 5.61. The van der Waals surface area contributed by atoms with Crippen molar-refractivity contribution >= 4 is 17.7 Å². The van der Waals surface area contributed by atoms with Crippen LogP contribution in [-0.4, -0.2) is 40.9 Å². The number of benzene rings is 1. The minimum Gasteiger partial charge on any atom is -0.444 e. The van der Waals surface area contributed by atoms with Gasteiger partial charge in [0.25, 0.3) is 0 Å². The van der Waals surface area contributed by atoms with Gasteiger partial charge in [-0.1, -0.05) is 19.1 Å². The van der Waals surface area contributed by atoms with Crippen LogP contribution in [-0.2, 0) is 19.7 Å². The molecule has 1 saturated heterocycles. The second-order valence-corrected chi connectivity index (χ2v) is 10.5. The summed E-state index contributed by atoms with van der Waals surface area (Å²) in [6, 6.07) is 8.27. The quantitative estimate of drug-likeness (QED) is 0.610. The van der Waals surface area contributed by atoms with Crippen LogP contribution in [0.5, 0.6) is 0 Å². The molecule has 1 N–H and O–H groups in total. The Morgan fingerprint density at radius 3 is 2.39 bits per heavy atom. The lowest BCUT2D eigenvalue weighted by atomic mass is 9.89. The van der Waals surface area contributed by atoms with Crippen molar-refractivity contribution in [2.75, 3.05) is 11.9 Å². The van der Waals surface area contributed by atoms with E-state index >= 15 is 0 Å². The van der Waals surface area contributed by atoms with Crippen molar-refractivity contribution < 1.29 is 19.1 Å². The predicted molar refractivity (Wildman–Crippen MR) is 122 cm³/mol. The summed E-state index contributed by atoms with van der Waals surface area (Å²) in [4.78, 5) is 26.5. The number of ether oxygens (including phenoxy) is 2. The maximum Gasteiger partial charge on any atom is 0.412 e.